The summed E-state index contributed by atoms with van der Waals surface area (Å²) >= 11 is 0. The molecule has 0 heterocycles. The molecule has 5 atom stereocenters. The summed E-state index contributed by atoms with van der Waals surface area (Å²) in [7, 11) is 0.639. The summed E-state index contributed by atoms with van der Waals surface area (Å²) in [6.45, 7) is 12.7. The van der Waals surface area contributed by atoms with Crippen LogP contribution in [0.1, 0.15) is 40.0 Å². The summed E-state index contributed by atoms with van der Waals surface area (Å²) in [4.78, 5) is 24.4. The van der Waals surface area contributed by atoms with Gasteiger partial charge in [0.15, 0.2) is 14.6 Å². The van der Waals surface area contributed by atoms with Gasteiger partial charge in [0.05, 0.1) is 18.4 Å². The van der Waals surface area contributed by atoms with Crippen molar-refractivity contribution >= 4 is 20.3 Å². The van der Waals surface area contributed by atoms with Crippen molar-refractivity contribution in [2.45, 2.75) is 66.0 Å². The fourth-order valence-corrected chi connectivity index (χ4v) is 3.72. The van der Waals surface area contributed by atoms with Crippen molar-refractivity contribution in [3.05, 3.63) is 0 Å². The zero-order valence-corrected chi connectivity index (χ0v) is 18.4. The zero-order valence-electron chi connectivity index (χ0n) is 17.4. The average molecular weight is 389 g/mol. The van der Waals surface area contributed by atoms with Gasteiger partial charge in [-0.3, -0.25) is 9.59 Å². The molecule has 7 heteroatoms. The predicted octanol–water partition coefficient (Wildman–Crippen LogP) is 3.61. The third-order valence-corrected chi connectivity index (χ3v) is 6.27. The van der Waals surface area contributed by atoms with Crippen molar-refractivity contribution in [2.75, 3.05) is 20.3 Å². The van der Waals surface area contributed by atoms with Gasteiger partial charge in [-0.25, -0.2) is 0 Å². The number of carbonyl (C=O) groups is 2. The van der Waals surface area contributed by atoms with Crippen molar-refractivity contribution in [1.29, 1.82) is 0 Å². The number of esters is 2. The van der Waals surface area contributed by atoms with Crippen LogP contribution in [-0.4, -0.2) is 46.9 Å². The molecule has 2 saturated carbocycles. The Morgan fingerprint density at radius 1 is 1.00 bits per heavy atom. The van der Waals surface area contributed by atoms with Gasteiger partial charge in [-0.2, -0.15) is 0 Å². The van der Waals surface area contributed by atoms with E-state index in [1.165, 1.54) is 0 Å². The highest BCUT2D eigenvalue weighted by atomic mass is 28.4. The molecule has 2 rings (SSSR count). The summed E-state index contributed by atoms with van der Waals surface area (Å²) in [5.41, 5.74) is 0. The van der Waals surface area contributed by atoms with E-state index in [0.717, 1.165) is 19.3 Å². The summed E-state index contributed by atoms with van der Waals surface area (Å²) in [6, 6.07) is 0. The molecule has 2 bridgehead atoms. The minimum Gasteiger partial charge on any atom is -0.466 e. The second-order valence-electron chi connectivity index (χ2n) is 7.91. The van der Waals surface area contributed by atoms with Crippen LogP contribution in [0.4, 0.5) is 0 Å². The van der Waals surface area contributed by atoms with E-state index in [9.17, 15) is 9.59 Å². The maximum Gasteiger partial charge on any atom is 0.312 e. The summed E-state index contributed by atoms with van der Waals surface area (Å²) in [5, 5.41) is 0. The fraction of sp³-hybridized carbons (Fsp3) is 0.895. The van der Waals surface area contributed by atoms with E-state index in [1.807, 2.05) is 6.92 Å². The lowest BCUT2D eigenvalue weighted by atomic mass is 9.79. The normalized spacial score (nSPS) is 28.1. The average Bonchev–Trinajstić information content (AvgIpc) is 3.16. The van der Waals surface area contributed by atoms with E-state index in [-0.39, 0.29) is 35.6 Å². The molecule has 0 radical (unpaired) electrons. The van der Waals surface area contributed by atoms with Crippen molar-refractivity contribution in [3.8, 4) is 0 Å². The molecule has 0 saturated heterocycles. The lowest BCUT2D eigenvalue weighted by Crippen LogP contribution is -2.38. The number of fused-ring (bicyclic) bond motifs is 2. The largest absolute Gasteiger partial charge is 0.466 e. The van der Waals surface area contributed by atoms with Crippen LogP contribution in [-0.2, 0) is 28.2 Å². The first-order chi connectivity index (χ1) is 12.1. The first-order valence-electron chi connectivity index (χ1n) is 9.68. The molecular weight excluding hydrogens is 352 g/mol. The maximum atomic E-state index is 12.3. The van der Waals surface area contributed by atoms with Gasteiger partial charge in [-0.1, -0.05) is 0 Å². The molecule has 152 valence electrons. The second-order valence-corrected chi connectivity index (χ2v) is 12.5. The minimum atomic E-state index is -1.13. The van der Waals surface area contributed by atoms with Crippen molar-refractivity contribution in [2.24, 2.45) is 23.7 Å². The molecule has 6 nitrogen and oxygen atoms in total. The number of hydrogen-bond acceptors (Lipinski definition) is 6. The molecule has 0 aromatic heterocycles. The van der Waals surface area contributed by atoms with Gasteiger partial charge >= 0.3 is 11.9 Å². The fourth-order valence-electron chi connectivity index (χ4n) is 3.72. The monoisotopic (exact) mass is 388 g/mol. The molecule has 5 unspecified atom stereocenters. The number of hydrogen-bond donors (Lipinski definition) is 0. The van der Waals surface area contributed by atoms with Gasteiger partial charge in [0.25, 0.3) is 0 Å². The van der Waals surface area contributed by atoms with Crippen molar-refractivity contribution < 1.29 is 28.2 Å². The van der Waals surface area contributed by atoms with Gasteiger partial charge in [0.2, 0.25) is 0 Å². The van der Waals surface area contributed by atoms with E-state index in [1.54, 1.807) is 21.0 Å². The Hall–Kier alpha value is -0.923. The van der Waals surface area contributed by atoms with Gasteiger partial charge < -0.3 is 18.6 Å². The maximum absolute atomic E-state index is 12.3. The third-order valence-electron chi connectivity index (χ3n) is 5.04. The Kier molecular flexibility index (Phi) is 9.27. The molecule has 2 fully saturated rings. The quantitative estimate of drug-likeness (QED) is 0.377. The van der Waals surface area contributed by atoms with Gasteiger partial charge in [-0.05, 0) is 71.5 Å². The summed E-state index contributed by atoms with van der Waals surface area (Å²) in [6.07, 6.45) is 2.39. The van der Waals surface area contributed by atoms with E-state index >= 15 is 0 Å². The lowest BCUT2D eigenvalue weighted by molar-refractivity contribution is -0.185. The van der Waals surface area contributed by atoms with Crippen LogP contribution in [0.15, 0.2) is 0 Å². The van der Waals surface area contributed by atoms with E-state index in [4.69, 9.17) is 18.6 Å². The highest BCUT2D eigenvalue weighted by Crippen LogP contribution is 2.53. The first-order valence-corrected chi connectivity index (χ1v) is 13.1. The molecule has 0 aromatic rings. The number of carbonyl (C=O) groups excluding carboxylic acids is 2. The zero-order chi connectivity index (χ0) is 19.9. The molecule has 0 amide bonds. The molecule has 2 aliphatic rings. The standard InChI is InChI=1S/C15H24O5.C4H12OSi/c1-4-18-9(3)20-15(17)13-11-7-6-10(8-11)12(13)14(16)19-5-2;1-5-6(2,3)4/h9-13H,4-8H2,1-3H3;1-4H3. The van der Waals surface area contributed by atoms with Crippen LogP contribution < -0.4 is 0 Å². The van der Waals surface area contributed by atoms with E-state index < -0.39 is 14.6 Å². The van der Waals surface area contributed by atoms with Crippen LogP contribution in [0.3, 0.4) is 0 Å². The lowest BCUT2D eigenvalue weighted by Gasteiger charge is -2.28. The Morgan fingerprint density at radius 2 is 1.50 bits per heavy atom. The number of rotatable bonds is 7. The van der Waals surface area contributed by atoms with Crippen LogP contribution >= 0.6 is 0 Å². The topological polar surface area (TPSA) is 71.1 Å². The molecule has 0 N–H and O–H groups in total. The highest BCUT2D eigenvalue weighted by molar-refractivity contribution is 6.69. The van der Waals surface area contributed by atoms with Crippen molar-refractivity contribution in [3.63, 3.8) is 0 Å². The van der Waals surface area contributed by atoms with Crippen LogP contribution in [0, 0.1) is 23.7 Å². The molecule has 0 aliphatic heterocycles. The molecule has 0 spiro atoms. The predicted molar refractivity (Wildman–Crippen MR) is 102 cm³/mol. The third kappa shape index (κ3) is 6.67. The molecular formula is C19H36O6Si. The SMILES string of the molecule is CCOC(=O)C1C2CCC(C2)C1C(=O)OC(C)OCC.CO[Si](C)(C)C. The van der Waals surface area contributed by atoms with Crippen LogP contribution in [0.2, 0.25) is 19.6 Å². The van der Waals surface area contributed by atoms with Crippen LogP contribution in [0.25, 0.3) is 0 Å². The van der Waals surface area contributed by atoms with Crippen LogP contribution in [0.5, 0.6) is 0 Å². The van der Waals surface area contributed by atoms with Gasteiger partial charge in [-0.15, -0.1) is 0 Å². The summed E-state index contributed by atoms with van der Waals surface area (Å²) < 4.78 is 20.8. The van der Waals surface area contributed by atoms with Gasteiger partial charge in [0, 0.05) is 13.7 Å². The first kappa shape index (κ1) is 23.1. The number of ether oxygens (including phenoxy) is 3. The molecule has 0 aromatic carbocycles. The van der Waals surface area contributed by atoms with Gasteiger partial charge in [0.1, 0.15) is 0 Å². The molecule has 2 aliphatic carbocycles. The second kappa shape index (κ2) is 10.4. The van der Waals surface area contributed by atoms with Crippen molar-refractivity contribution in [1.82, 2.24) is 0 Å². The Labute approximate surface area is 159 Å². The minimum absolute atomic E-state index is 0.245. The smallest absolute Gasteiger partial charge is 0.312 e. The Balaban J connectivity index is 0.000000487. The van der Waals surface area contributed by atoms with E-state index in [2.05, 4.69) is 19.6 Å². The van der Waals surface area contributed by atoms with E-state index in [0.29, 0.717) is 13.2 Å². The molecule has 26 heavy (non-hydrogen) atoms. The summed E-state index contributed by atoms with van der Waals surface area (Å²) in [5.74, 6) is -0.692. The Morgan fingerprint density at radius 3 is 1.92 bits per heavy atom. The Bertz CT molecular complexity index is 461. The highest BCUT2D eigenvalue weighted by Gasteiger charge is 2.55.